The molecular formula is C76H132NO8P. The first-order valence-corrected chi connectivity index (χ1v) is 36.7. The summed E-state index contributed by atoms with van der Waals surface area (Å²) in [5.41, 5.74) is 0. The molecule has 0 aliphatic rings. The second-order valence-corrected chi connectivity index (χ2v) is 25.9. The van der Waals surface area contributed by atoms with E-state index in [9.17, 15) is 19.0 Å². The summed E-state index contributed by atoms with van der Waals surface area (Å²) in [5, 5.41) is 0. The lowest BCUT2D eigenvalue weighted by atomic mass is 10.0. The Morgan fingerprint density at radius 2 is 0.628 bits per heavy atom. The van der Waals surface area contributed by atoms with Gasteiger partial charge in [0.25, 0.3) is 7.82 Å². The summed E-state index contributed by atoms with van der Waals surface area (Å²) in [6.45, 7) is 3.98. The molecule has 0 aromatic heterocycles. The van der Waals surface area contributed by atoms with Gasteiger partial charge in [0, 0.05) is 12.8 Å². The molecule has 0 aliphatic heterocycles. The first-order valence-electron chi connectivity index (χ1n) is 35.2. The zero-order chi connectivity index (χ0) is 62.6. The van der Waals surface area contributed by atoms with Crippen molar-refractivity contribution in [2.75, 3.05) is 47.5 Å². The summed E-state index contributed by atoms with van der Waals surface area (Å²) in [6, 6.07) is 0. The van der Waals surface area contributed by atoms with Crippen LogP contribution >= 0.6 is 7.82 Å². The standard InChI is InChI=1S/C76H132NO8P/c1-6-8-10-12-14-16-18-20-22-24-26-28-29-30-31-32-33-34-35-36-37-38-39-40-41-42-43-44-45-46-47-49-50-52-54-56-58-60-62-64-66-68-75(78)82-72-74(73-84-86(80,81)83-71-70-77(3,4)5)85-76(79)69-67-65-63-61-59-57-55-53-51-48-27-25-23-21-19-17-15-13-11-9-7-2/h8-11,14-17,20-23,26-28,48,53,55,59,61,74H,6-7,12-13,18-19,24-25,29-47,49-52,54,56-58,60,62-73H2,1-5H3/b10-8-,11-9-,16-14-,17-15-,22-20-,23-21-,28-26-,48-27-,55-53-,61-59-. The van der Waals surface area contributed by atoms with E-state index in [0.29, 0.717) is 17.4 Å². The molecule has 0 saturated heterocycles. The number of esters is 2. The average molecular weight is 1220 g/mol. The Morgan fingerprint density at radius 3 is 0.953 bits per heavy atom. The summed E-state index contributed by atoms with van der Waals surface area (Å²) < 4.78 is 34.2. The average Bonchev–Trinajstić information content (AvgIpc) is 3.67. The summed E-state index contributed by atoms with van der Waals surface area (Å²) in [6.07, 6.45) is 94.6. The van der Waals surface area contributed by atoms with Crippen LogP contribution in [0.15, 0.2) is 122 Å². The van der Waals surface area contributed by atoms with Crippen molar-refractivity contribution in [3.05, 3.63) is 122 Å². The number of carbonyl (C=O) groups excluding carboxylic acids is 2. The third-order valence-electron chi connectivity index (χ3n) is 15.0. The summed E-state index contributed by atoms with van der Waals surface area (Å²) in [5.74, 6) is -0.880. The molecule has 2 unspecified atom stereocenters. The number of likely N-dealkylation sites (N-methyl/N-ethyl adjacent to an activating group) is 1. The zero-order valence-electron chi connectivity index (χ0n) is 56.2. The molecule has 494 valence electrons. The van der Waals surface area contributed by atoms with E-state index in [1.165, 1.54) is 167 Å². The summed E-state index contributed by atoms with van der Waals surface area (Å²) in [7, 11) is 1.13. The Kier molecular flexibility index (Phi) is 63.1. The minimum atomic E-state index is -4.66. The number of phosphoric ester groups is 1. The molecule has 0 N–H and O–H groups in total. The monoisotopic (exact) mass is 1220 g/mol. The molecule has 0 amide bonds. The van der Waals surface area contributed by atoms with Crippen molar-refractivity contribution < 1.29 is 42.1 Å². The Bertz CT molecular complexity index is 1870. The number of carbonyl (C=O) groups is 2. The number of hydrogen-bond donors (Lipinski definition) is 0. The molecule has 0 aromatic carbocycles. The van der Waals surface area contributed by atoms with Crippen molar-refractivity contribution in [1.82, 2.24) is 0 Å². The van der Waals surface area contributed by atoms with Crippen molar-refractivity contribution in [2.24, 2.45) is 0 Å². The van der Waals surface area contributed by atoms with E-state index >= 15 is 0 Å². The van der Waals surface area contributed by atoms with E-state index in [2.05, 4.69) is 135 Å². The molecule has 86 heavy (non-hydrogen) atoms. The van der Waals surface area contributed by atoms with Gasteiger partial charge in [-0.05, 0) is 103 Å². The largest absolute Gasteiger partial charge is 0.756 e. The molecular weight excluding hydrogens is 1090 g/mol. The lowest BCUT2D eigenvalue weighted by Gasteiger charge is -2.28. The normalized spacial score (nSPS) is 13.9. The van der Waals surface area contributed by atoms with Crippen molar-refractivity contribution >= 4 is 19.8 Å². The maximum absolute atomic E-state index is 12.8. The number of rotatable bonds is 64. The van der Waals surface area contributed by atoms with Crippen molar-refractivity contribution in [2.45, 2.75) is 302 Å². The number of hydrogen-bond acceptors (Lipinski definition) is 8. The number of phosphoric acid groups is 1. The smallest absolute Gasteiger partial charge is 0.306 e. The van der Waals surface area contributed by atoms with E-state index in [0.717, 1.165) is 96.3 Å². The van der Waals surface area contributed by atoms with Crippen LogP contribution in [0.5, 0.6) is 0 Å². The molecule has 0 rings (SSSR count). The van der Waals surface area contributed by atoms with Crippen LogP contribution < -0.4 is 4.89 Å². The van der Waals surface area contributed by atoms with Crippen molar-refractivity contribution in [1.29, 1.82) is 0 Å². The highest BCUT2D eigenvalue weighted by Gasteiger charge is 2.22. The molecule has 0 aromatic rings. The van der Waals surface area contributed by atoms with Crippen LogP contribution in [-0.4, -0.2) is 70.0 Å². The number of ether oxygens (including phenoxy) is 2. The number of unbranched alkanes of at least 4 members (excludes halogenated alkanes) is 30. The highest BCUT2D eigenvalue weighted by molar-refractivity contribution is 7.45. The molecule has 0 fully saturated rings. The Hall–Kier alpha value is -3.59. The highest BCUT2D eigenvalue weighted by Crippen LogP contribution is 2.38. The minimum absolute atomic E-state index is 0.0434. The number of allylic oxidation sites excluding steroid dienone is 20. The Morgan fingerprint density at radius 1 is 0.360 bits per heavy atom. The SMILES string of the molecule is CC/C=C\C/C=C\C/C=C\C/C=C\C/C=C\C/C=C\CCCCC(=O)OC(COC(=O)CCCCCCCCCCCCCCCCCCCCCCCCCCCCCC/C=C\C/C=C\C/C=C\C/C=C\CC)COP(=O)([O-])OCC[N+](C)(C)C. The first kappa shape index (κ1) is 82.4. The van der Waals surface area contributed by atoms with Gasteiger partial charge in [0.05, 0.1) is 27.7 Å². The third-order valence-corrected chi connectivity index (χ3v) is 15.9. The fourth-order valence-electron chi connectivity index (χ4n) is 9.65. The van der Waals surface area contributed by atoms with Crippen LogP contribution in [0.4, 0.5) is 0 Å². The van der Waals surface area contributed by atoms with E-state index in [1.54, 1.807) is 0 Å². The van der Waals surface area contributed by atoms with Gasteiger partial charge >= 0.3 is 11.9 Å². The highest BCUT2D eigenvalue weighted by atomic mass is 31.2. The van der Waals surface area contributed by atoms with Gasteiger partial charge < -0.3 is 27.9 Å². The van der Waals surface area contributed by atoms with Crippen molar-refractivity contribution in [3.63, 3.8) is 0 Å². The van der Waals surface area contributed by atoms with Gasteiger partial charge in [0.15, 0.2) is 6.10 Å². The van der Waals surface area contributed by atoms with Gasteiger partial charge in [-0.2, -0.15) is 0 Å². The molecule has 0 bridgehead atoms. The Labute approximate surface area is 530 Å². The van der Waals surface area contributed by atoms with Crippen LogP contribution in [0.2, 0.25) is 0 Å². The van der Waals surface area contributed by atoms with Crippen LogP contribution in [0.25, 0.3) is 0 Å². The summed E-state index contributed by atoms with van der Waals surface area (Å²) >= 11 is 0. The zero-order valence-corrected chi connectivity index (χ0v) is 57.1. The van der Waals surface area contributed by atoms with Crippen LogP contribution in [0.1, 0.15) is 296 Å². The molecule has 0 spiro atoms. The van der Waals surface area contributed by atoms with Crippen LogP contribution in [0, 0.1) is 0 Å². The third kappa shape index (κ3) is 69.5. The van der Waals surface area contributed by atoms with Crippen molar-refractivity contribution in [3.8, 4) is 0 Å². The summed E-state index contributed by atoms with van der Waals surface area (Å²) in [4.78, 5) is 38.0. The molecule has 0 aliphatic carbocycles. The lowest BCUT2D eigenvalue weighted by Crippen LogP contribution is -2.37. The van der Waals surface area contributed by atoms with Gasteiger partial charge in [-0.15, -0.1) is 0 Å². The first-order chi connectivity index (χ1) is 42.0. The number of nitrogens with zero attached hydrogens (tertiary/aromatic N) is 1. The predicted molar refractivity (Wildman–Crippen MR) is 369 cm³/mol. The Balaban J connectivity index is 3.95. The number of quaternary nitrogens is 1. The molecule has 0 heterocycles. The van der Waals surface area contributed by atoms with Gasteiger partial charge in [0.1, 0.15) is 19.8 Å². The van der Waals surface area contributed by atoms with Gasteiger partial charge in [-0.3, -0.25) is 14.2 Å². The second kappa shape index (κ2) is 65.8. The molecule has 10 heteroatoms. The van der Waals surface area contributed by atoms with E-state index in [-0.39, 0.29) is 26.1 Å². The fraction of sp³-hybridized carbons (Fsp3) is 0.711. The van der Waals surface area contributed by atoms with Crippen LogP contribution in [0.3, 0.4) is 0 Å². The van der Waals surface area contributed by atoms with Gasteiger partial charge in [-0.1, -0.05) is 302 Å². The second-order valence-electron chi connectivity index (χ2n) is 24.5. The van der Waals surface area contributed by atoms with Gasteiger partial charge in [0.2, 0.25) is 0 Å². The molecule has 0 saturated carbocycles. The lowest BCUT2D eigenvalue weighted by molar-refractivity contribution is -0.870. The molecule has 0 radical (unpaired) electrons. The molecule has 2 atom stereocenters. The predicted octanol–water partition coefficient (Wildman–Crippen LogP) is 22.4. The topological polar surface area (TPSA) is 111 Å². The van der Waals surface area contributed by atoms with E-state index < -0.39 is 32.5 Å². The van der Waals surface area contributed by atoms with Crippen LogP contribution in [-0.2, 0) is 32.7 Å². The fourth-order valence-corrected chi connectivity index (χ4v) is 10.4. The maximum atomic E-state index is 12.8. The maximum Gasteiger partial charge on any atom is 0.306 e. The van der Waals surface area contributed by atoms with Gasteiger partial charge in [-0.25, -0.2) is 0 Å². The minimum Gasteiger partial charge on any atom is -0.756 e. The molecule has 9 nitrogen and oxygen atoms in total. The quantitative estimate of drug-likeness (QED) is 0.0195. The van der Waals surface area contributed by atoms with E-state index in [4.69, 9.17) is 18.5 Å². The van der Waals surface area contributed by atoms with E-state index in [1.807, 2.05) is 21.1 Å².